The quantitative estimate of drug-likeness (QED) is 0.794. The molecule has 0 saturated carbocycles. The molecule has 1 N–H and O–H groups in total. The first-order valence-corrected chi connectivity index (χ1v) is 7.39. The lowest BCUT2D eigenvalue weighted by molar-refractivity contribution is 0.000813. The van der Waals surface area contributed by atoms with Crippen molar-refractivity contribution < 1.29 is 4.74 Å². The van der Waals surface area contributed by atoms with E-state index in [-0.39, 0.29) is 0 Å². The molecule has 4 heteroatoms. The van der Waals surface area contributed by atoms with E-state index in [1.54, 1.807) is 0 Å². The zero-order chi connectivity index (χ0) is 12.4. The Morgan fingerprint density at radius 2 is 2.22 bits per heavy atom. The summed E-state index contributed by atoms with van der Waals surface area (Å²) in [6, 6.07) is 1.12. The Labute approximate surface area is 110 Å². The number of hydrogen-bond donors (Lipinski definition) is 1. The van der Waals surface area contributed by atoms with Crippen molar-refractivity contribution in [2.24, 2.45) is 0 Å². The first-order valence-electron chi connectivity index (χ1n) is 7.39. The third-order valence-electron chi connectivity index (χ3n) is 4.49. The van der Waals surface area contributed by atoms with Gasteiger partial charge in [-0.2, -0.15) is 0 Å². The van der Waals surface area contributed by atoms with Crippen LogP contribution in [0.3, 0.4) is 0 Å². The van der Waals surface area contributed by atoms with E-state index in [2.05, 4.69) is 22.0 Å². The summed E-state index contributed by atoms with van der Waals surface area (Å²) in [6.07, 6.45) is 4.39. The van der Waals surface area contributed by atoms with Crippen molar-refractivity contribution in [3.63, 3.8) is 0 Å². The fourth-order valence-electron chi connectivity index (χ4n) is 3.52. The van der Waals surface area contributed by atoms with Crippen LogP contribution in [0.15, 0.2) is 11.8 Å². The SMILES string of the molecule is CCNC(C1=COCCC1)C1CN2CCN1CC2. The van der Waals surface area contributed by atoms with E-state index in [0.717, 1.165) is 13.2 Å². The van der Waals surface area contributed by atoms with Crippen LogP contribution in [0.5, 0.6) is 0 Å². The van der Waals surface area contributed by atoms with Crippen molar-refractivity contribution in [3.8, 4) is 0 Å². The molecule has 4 rings (SSSR count). The van der Waals surface area contributed by atoms with Crippen LogP contribution in [0.1, 0.15) is 19.8 Å². The van der Waals surface area contributed by atoms with E-state index in [1.165, 1.54) is 51.1 Å². The second-order valence-corrected chi connectivity index (χ2v) is 5.61. The molecule has 4 aliphatic heterocycles. The van der Waals surface area contributed by atoms with Crippen LogP contribution in [0.4, 0.5) is 0 Å². The number of likely N-dealkylation sites (N-methyl/N-ethyl adjacent to an activating group) is 1. The lowest BCUT2D eigenvalue weighted by atomic mass is 9.91. The Hall–Kier alpha value is -0.580. The van der Waals surface area contributed by atoms with Gasteiger partial charge in [0, 0.05) is 44.8 Å². The number of ether oxygens (including phenoxy) is 1. The summed E-state index contributed by atoms with van der Waals surface area (Å²) in [7, 11) is 0. The van der Waals surface area contributed by atoms with Crippen LogP contribution >= 0.6 is 0 Å². The molecule has 3 saturated heterocycles. The molecule has 0 amide bonds. The van der Waals surface area contributed by atoms with Crippen LogP contribution in [-0.4, -0.2) is 67.8 Å². The van der Waals surface area contributed by atoms with Gasteiger partial charge in [-0.15, -0.1) is 0 Å². The summed E-state index contributed by atoms with van der Waals surface area (Å²) in [5, 5.41) is 3.69. The summed E-state index contributed by atoms with van der Waals surface area (Å²) in [5.74, 6) is 0. The van der Waals surface area contributed by atoms with Gasteiger partial charge < -0.3 is 10.1 Å². The molecule has 2 atom stereocenters. The molecule has 0 spiro atoms. The lowest BCUT2D eigenvalue weighted by Gasteiger charge is -2.50. The van der Waals surface area contributed by atoms with Gasteiger partial charge in [-0.05, 0) is 25.0 Å². The maximum atomic E-state index is 5.55. The highest BCUT2D eigenvalue weighted by Gasteiger charge is 2.38. The Morgan fingerprint density at radius 3 is 2.78 bits per heavy atom. The van der Waals surface area contributed by atoms with Crippen molar-refractivity contribution in [2.45, 2.75) is 31.8 Å². The Morgan fingerprint density at radius 1 is 1.39 bits per heavy atom. The maximum absolute atomic E-state index is 5.55. The molecule has 0 aromatic heterocycles. The van der Waals surface area contributed by atoms with Gasteiger partial charge in [-0.3, -0.25) is 9.80 Å². The van der Waals surface area contributed by atoms with Crippen LogP contribution in [0.25, 0.3) is 0 Å². The number of fused-ring (bicyclic) bond motifs is 3. The van der Waals surface area contributed by atoms with Gasteiger partial charge in [-0.25, -0.2) is 0 Å². The molecule has 102 valence electrons. The van der Waals surface area contributed by atoms with Gasteiger partial charge in [-0.1, -0.05) is 6.92 Å². The lowest BCUT2D eigenvalue weighted by Crippen LogP contribution is -2.66. The molecule has 2 unspecified atom stereocenters. The zero-order valence-electron chi connectivity index (χ0n) is 11.4. The number of hydrogen-bond acceptors (Lipinski definition) is 4. The number of rotatable bonds is 4. The molecule has 4 nitrogen and oxygen atoms in total. The molecular weight excluding hydrogens is 226 g/mol. The normalized spacial score (nSPS) is 36.9. The third kappa shape index (κ3) is 2.42. The van der Waals surface area contributed by atoms with Crippen LogP contribution in [0.2, 0.25) is 0 Å². The van der Waals surface area contributed by atoms with Gasteiger partial charge in [0.05, 0.1) is 12.9 Å². The van der Waals surface area contributed by atoms with Gasteiger partial charge >= 0.3 is 0 Å². The molecule has 4 heterocycles. The van der Waals surface area contributed by atoms with Crippen LogP contribution in [-0.2, 0) is 4.74 Å². The Bertz CT molecular complexity index is 310. The Balaban J connectivity index is 1.74. The van der Waals surface area contributed by atoms with E-state index >= 15 is 0 Å². The van der Waals surface area contributed by atoms with Gasteiger partial charge in [0.2, 0.25) is 0 Å². The van der Waals surface area contributed by atoms with Crippen LogP contribution in [0, 0.1) is 0 Å². The topological polar surface area (TPSA) is 27.7 Å². The number of nitrogens with one attached hydrogen (secondary N) is 1. The second-order valence-electron chi connectivity index (χ2n) is 5.61. The predicted molar refractivity (Wildman–Crippen MR) is 72.5 cm³/mol. The summed E-state index contributed by atoms with van der Waals surface area (Å²) in [4.78, 5) is 5.28. The molecule has 0 radical (unpaired) electrons. The zero-order valence-corrected chi connectivity index (χ0v) is 11.4. The van der Waals surface area contributed by atoms with E-state index < -0.39 is 0 Å². The van der Waals surface area contributed by atoms with Crippen LogP contribution < -0.4 is 5.32 Å². The standard InChI is InChI=1S/C14H25N3O/c1-2-15-14(12-4-3-9-18-11-12)13-10-16-5-7-17(13)8-6-16/h11,13-15H,2-10H2,1H3. The summed E-state index contributed by atoms with van der Waals surface area (Å²) < 4.78 is 5.55. The first kappa shape index (κ1) is 12.5. The van der Waals surface area contributed by atoms with E-state index in [9.17, 15) is 0 Å². The summed E-state index contributed by atoms with van der Waals surface area (Å²) >= 11 is 0. The summed E-state index contributed by atoms with van der Waals surface area (Å²) in [5.41, 5.74) is 1.47. The molecule has 18 heavy (non-hydrogen) atoms. The van der Waals surface area contributed by atoms with Crippen molar-refractivity contribution in [2.75, 3.05) is 45.9 Å². The number of nitrogens with zero attached hydrogens (tertiary/aromatic N) is 2. The van der Waals surface area contributed by atoms with Crippen molar-refractivity contribution >= 4 is 0 Å². The highest BCUT2D eigenvalue weighted by atomic mass is 16.5. The average Bonchev–Trinajstić information content (AvgIpc) is 2.47. The first-order chi connectivity index (χ1) is 8.88. The van der Waals surface area contributed by atoms with Crippen molar-refractivity contribution in [3.05, 3.63) is 11.8 Å². The smallest absolute Gasteiger partial charge is 0.0876 e. The van der Waals surface area contributed by atoms with Gasteiger partial charge in [0.1, 0.15) is 0 Å². The largest absolute Gasteiger partial charge is 0.501 e. The van der Waals surface area contributed by atoms with Gasteiger partial charge in [0.25, 0.3) is 0 Å². The monoisotopic (exact) mass is 251 g/mol. The predicted octanol–water partition coefficient (Wildman–Crippen LogP) is 0.659. The third-order valence-corrected chi connectivity index (χ3v) is 4.49. The minimum atomic E-state index is 0.485. The molecular formula is C14H25N3O. The molecule has 2 bridgehead atoms. The highest BCUT2D eigenvalue weighted by molar-refractivity contribution is 5.16. The minimum Gasteiger partial charge on any atom is -0.501 e. The van der Waals surface area contributed by atoms with Crippen molar-refractivity contribution in [1.82, 2.24) is 15.1 Å². The maximum Gasteiger partial charge on any atom is 0.0876 e. The summed E-state index contributed by atoms with van der Waals surface area (Å²) in [6.45, 7) is 10.3. The molecule has 3 fully saturated rings. The molecule has 0 aromatic rings. The fraction of sp³-hybridized carbons (Fsp3) is 0.857. The highest BCUT2D eigenvalue weighted by Crippen LogP contribution is 2.25. The number of piperazine rings is 3. The van der Waals surface area contributed by atoms with E-state index in [0.29, 0.717) is 12.1 Å². The molecule has 0 aliphatic carbocycles. The Kier molecular flexibility index (Phi) is 3.87. The van der Waals surface area contributed by atoms with Gasteiger partial charge in [0.15, 0.2) is 0 Å². The average molecular weight is 251 g/mol. The minimum absolute atomic E-state index is 0.485. The van der Waals surface area contributed by atoms with E-state index in [4.69, 9.17) is 4.74 Å². The molecule has 4 aliphatic rings. The second kappa shape index (κ2) is 5.59. The molecule has 0 aromatic carbocycles. The van der Waals surface area contributed by atoms with Crippen molar-refractivity contribution in [1.29, 1.82) is 0 Å². The fourth-order valence-corrected chi connectivity index (χ4v) is 3.52. The van der Waals surface area contributed by atoms with E-state index in [1.807, 2.05) is 6.26 Å².